The summed E-state index contributed by atoms with van der Waals surface area (Å²) < 4.78 is 0.745. The van der Waals surface area contributed by atoms with Crippen LogP contribution in [0.2, 0.25) is 0 Å². The van der Waals surface area contributed by atoms with Gasteiger partial charge in [0.1, 0.15) is 16.2 Å². The van der Waals surface area contributed by atoms with Gasteiger partial charge in [-0.1, -0.05) is 24.8 Å². The van der Waals surface area contributed by atoms with E-state index in [0.717, 1.165) is 27.6 Å². The first-order chi connectivity index (χ1) is 8.19. The van der Waals surface area contributed by atoms with Crippen LogP contribution in [0.1, 0.15) is 18.3 Å². The number of H-pyrrole nitrogens is 1. The number of pyridine rings is 1. The Balaban J connectivity index is 2.02. The molecule has 17 heavy (non-hydrogen) atoms. The molecule has 0 amide bonds. The van der Waals surface area contributed by atoms with Gasteiger partial charge in [-0.15, -0.1) is 5.10 Å². The molecule has 2 aromatic heterocycles. The molecular weight excluding hydrogens is 302 g/mol. The summed E-state index contributed by atoms with van der Waals surface area (Å²) in [5.74, 6) is 2.15. The summed E-state index contributed by atoms with van der Waals surface area (Å²) in [5.41, 5.74) is 6.80. The summed E-state index contributed by atoms with van der Waals surface area (Å²) in [6.45, 7) is 2.03. The number of aryl methyl sites for hydroxylation is 1. The van der Waals surface area contributed by atoms with Crippen molar-refractivity contribution < 1.29 is 0 Å². The van der Waals surface area contributed by atoms with Crippen LogP contribution in [-0.2, 0) is 12.2 Å². The molecule has 0 aliphatic carbocycles. The van der Waals surface area contributed by atoms with Crippen molar-refractivity contribution in [1.82, 2.24) is 20.2 Å². The molecule has 0 bridgehead atoms. The summed E-state index contributed by atoms with van der Waals surface area (Å²) in [7, 11) is 0. The van der Waals surface area contributed by atoms with Crippen LogP contribution in [-0.4, -0.2) is 20.2 Å². The van der Waals surface area contributed by atoms with Crippen LogP contribution in [0.3, 0.4) is 0 Å². The highest BCUT2D eigenvalue weighted by molar-refractivity contribution is 9.10. The summed E-state index contributed by atoms with van der Waals surface area (Å²) >= 11 is 4.82. The number of hydrogen-bond donors (Lipinski definition) is 2. The van der Waals surface area contributed by atoms with Crippen molar-refractivity contribution in [2.24, 2.45) is 0 Å². The van der Waals surface area contributed by atoms with Gasteiger partial charge in [0.05, 0.1) is 0 Å². The smallest absolute Gasteiger partial charge is 0.208 e. The molecule has 0 aliphatic rings. The Hall–Kier alpha value is -1.08. The van der Waals surface area contributed by atoms with Crippen molar-refractivity contribution >= 4 is 33.5 Å². The first kappa shape index (κ1) is 12.4. The molecule has 3 N–H and O–H groups in total. The van der Waals surface area contributed by atoms with Crippen LogP contribution in [0, 0.1) is 0 Å². The van der Waals surface area contributed by atoms with Gasteiger partial charge in [0.15, 0.2) is 0 Å². The largest absolute Gasteiger partial charge is 0.383 e. The lowest BCUT2D eigenvalue weighted by molar-refractivity contribution is 0.941. The van der Waals surface area contributed by atoms with Gasteiger partial charge in [-0.25, -0.2) is 9.97 Å². The molecular formula is C10H12BrN5S. The lowest BCUT2D eigenvalue weighted by Crippen LogP contribution is -1.96. The maximum Gasteiger partial charge on any atom is 0.208 e. The highest BCUT2D eigenvalue weighted by Gasteiger charge is 2.06. The van der Waals surface area contributed by atoms with E-state index < -0.39 is 0 Å². The van der Waals surface area contributed by atoms with Gasteiger partial charge in [-0.2, -0.15) is 0 Å². The Bertz CT molecular complexity index is 513. The van der Waals surface area contributed by atoms with E-state index in [1.54, 1.807) is 11.8 Å². The lowest BCUT2D eigenvalue weighted by atomic mass is 10.3. The minimum absolute atomic E-state index is 0.540. The summed E-state index contributed by atoms with van der Waals surface area (Å²) in [4.78, 5) is 8.46. The maximum atomic E-state index is 5.81. The molecule has 5 nitrogen and oxygen atoms in total. The minimum Gasteiger partial charge on any atom is -0.383 e. The zero-order valence-corrected chi connectivity index (χ0v) is 11.7. The lowest BCUT2D eigenvalue weighted by Gasteiger charge is -2.02. The number of halogens is 1. The fraction of sp³-hybridized carbons (Fsp3) is 0.300. The number of aromatic amines is 1. The topological polar surface area (TPSA) is 80.5 Å². The molecule has 0 atom stereocenters. The van der Waals surface area contributed by atoms with E-state index >= 15 is 0 Å². The van der Waals surface area contributed by atoms with Crippen LogP contribution >= 0.6 is 27.7 Å². The minimum atomic E-state index is 0.540. The maximum absolute atomic E-state index is 5.81. The number of aromatic nitrogens is 4. The normalized spacial score (nSPS) is 10.7. The van der Waals surface area contributed by atoms with Crippen LogP contribution in [0.25, 0.3) is 0 Å². The standard InChI is InChI=1S/C10H12BrN5S/c1-2-8-14-10(16-15-8)17-5-6-3-4-7(11)13-9(6)12/h3-4H,2,5H2,1H3,(H2,12,13)(H,14,15,16). The molecule has 0 aliphatic heterocycles. The summed E-state index contributed by atoms with van der Waals surface area (Å²) in [6.07, 6.45) is 0.857. The van der Waals surface area contributed by atoms with Gasteiger partial charge < -0.3 is 5.73 Å². The Morgan fingerprint density at radius 2 is 2.24 bits per heavy atom. The second-order valence-corrected chi connectivity index (χ2v) is 5.14. The Morgan fingerprint density at radius 3 is 2.88 bits per heavy atom. The van der Waals surface area contributed by atoms with E-state index in [1.165, 1.54) is 0 Å². The van der Waals surface area contributed by atoms with Gasteiger partial charge in [0, 0.05) is 17.7 Å². The zero-order valence-electron chi connectivity index (χ0n) is 9.27. The molecule has 90 valence electrons. The van der Waals surface area contributed by atoms with Crippen LogP contribution in [0.5, 0.6) is 0 Å². The first-order valence-corrected chi connectivity index (χ1v) is 6.92. The second-order valence-electron chi connectivity index (χ2n) is 3.39. The van der Waals surface area contributed by atoms with Gasteiger partial charge in [-0.05, 0) is 22.0 Å². The van der Waals surface area contributed by atoms with E-state index in [2.05, 4.69) is 36.1 Å². The van der Waals surface area contributed by atoms with Crippen molar-refractivity contribution in [2.45, 2.75) is 24.3 Å². The highest BCUT2D eigenvalue weighted by atomic mass is 79.9. The van der Waals surface area contributed by atoms with Crippen molar-refractivity contribution in [1.29, 1.82) is 0 Å². The summed E-state index contributed by atoms with van der Waals surface area (Å²) in [5, 5.41) is 7.72. The molecule has 0 saturated carbocycles. The average Bonchev–Trinajstić information content (AvgIpc) is 2.76. The Kier molecular flexibility index (Phi) is 4.01. The van der Waals surface area contributed by atoms with Crippen LogP contribution in [0.4, 0.5) is 5.82 Å². The fourth-order valence-corrected chi connectivity index (χ4v) is 2.38. The number of nitrogens with zero attached hydrogens (tertiary/aromatic N) is 3. The third-order valence-corrected chi connectivity index (χ3v) is 3.52. The third kappa shape index (κ3) is 3.19. The van der Waals surface area contributed by atoms with Gasteiger partial charge in [-0.3, -0.25) is 5.10 Å². The van der Waals surface area contributed by atoms with Gasteiger partial charge >= 0.3 is 0 Å². The zero-order chi connectivity index (χ0) is 12.3. The van der Waals surface area contributed by atoms with Crippen molar-refractivity contribution in [3.63, 3.8) is 0 Å². The van der Waals surface area contributed by atoms with Crippen molar-refractivity contribution in [2.75, 3.05) is 5.73 Å². The predicted octanol–water partition coefficient (Wildman–Crippen LogP) is 2.40. The van der Waals surface area contributed by atoms with Crippen LogP contribution in [0.15, 0.2) is 21.9 Å². The second kappa shape index (κ2) is 5.50. The summed E-state index contributed by atoms with van der Waals surface area (Å²) in [6, 6.07) is 3.83. The van der Waals surface area contributed by atoms with E-state index in [1.807, 2.05) is 19.1 Å². The van der Waals surface area contributed by atoms with Gasteiger partial charge in [0.2, 0.25) is 5.16 Å². The number of nitrogens with one attached hydrogen (secondary N) is 1. The van der Waals surface area contributed by atoms with Crippen molar-refractivity contribution in [3.8, 4) is 0 Å². The monoisotopic (exact) mass is 313 g/mol. The molecule has 7 heteroatoms. The molecule has 2 rings (SSSR count). The van der Waals surface area contributed by atoms with E-state index in [9.17, 15) is 0 Å². The molecule has 0 saturated heterocycles. The van der Waals surface area contributed by atoms with Crippen molar-refractivity contribution in [3.05, 3.63) is 28.1 Å². The molecule has 2 heterocycles. The number of rotatable bonds is 4. The fourth-order valence-electron chi connectivity index (χ4n) is 1.24. The SMILES string of the molecule is CCc1nc(SCc2ccc(Br)nc2N)n[nH]1. The number of nitrogen functional groups attached to an aromatic ring is 1. The highest BCUT2D eigenvalue weighted by Crippen LogP contribution is 2.23. The van der Waals surface area contributed by atoms with Crippen LogP contribution < -0.4 is 5.73 Å². The van der Waals surface area contributed by atoms with E-state index in [-0.39, 0.29) is 0 Å². The molecule has 2 aromatic rings. The van der Waals surface area contributed by atoms with E-state index in [0.29, 0.717) is 11.6 Å². The van der Waals surface area contributed by atoms with E-state index in [4.69, 9.17) is 5.73 Å². The molecule has 0 spiro atoms. The first-order valence-electron chi connectivity index (χ1n) is 5.14. The molecule has 0 radical (unpaired) electrons. The number of thioether (sulfide) groups is 1. The Morgan fingerprint density at radius 1 is 1.41 bits per heavy atom. The number of anilines is 1. The number of nitrogens with two attached hydrogens (primary N) is 1. The Labute approximate surface area is 112 Å². The molecule has 0 aromatic carbocycles. The predicted molar refractivity (Wildman–Crippen MR) is 71.7 cm³/mol. The van der Waals surface area contributed by atoms with Gasteiger partial charge in [0.25, 0.3) is 0 Å². The number of hydrogen-bond acceptors (Lipinski definition) is 5. The molecule has 0 fully saturated rings. The third-order valence-electron chi connectivity index (χ3n) is 2.18. The average molecular weight is 314 g/mol. The molecule has 0 unspecified atom stereocenters. The quantitative estimate of drug-likeness (QED) is 0.669.